The SMILES string of the molecule is CCCC(=O)OC[C@H](NC(C)=O)[C@H](OC(=O)CCC)OC(CO)[C@@H](C)OC(=O)CCC. The van der Waals surface area contributed by atoms with Gasteiger partial charge in [-0.2, -0.15) is 0 Å². The van der Waals surface area contributed by atoms with Gasteiger partial charge in [0.05, 0.1) is 6.61 Å². The number of esters is 3. The predicted molar refractivity (Wildman–Crippen MR) is 111 cm³/mol. The van der Waals surface area contributed by atoms with Crippen LogP contribution in [0.5, 0.6) is 0 Å². The van der Waals surface area contributed by atoms with E-state index in [2.05, 4.69) is 5.32 Å². The largest absolute Gasteiger partial charge is 0.463 e. The molecule has 0 rings (SSSR count). The third kappa shape index (κ3) is 13.0. The van der Waals surface area contributed by atoms with Gasteiger partial charge in [0.15, 0.2) is 0 Å². The molecule has 1 amide bonds. The number of ether oxygens (including phenoxy) is 4. The van der Waals surface area contributed by atoms with Crippen LogP contribution in [0.1, 0.15) is 73.1 Å². The molecule has 0 heterocycles. The summed E-state index contributed by atoms with van der Waals surface area (Å²) in [5.41, 5.74) is 0. The Kier molecular flexibility index (Phi) is 15.3. The van der Waals surface area contributed by atoms with Crippen molar-refractivity contribution >= 4 is 23.8 Å². The summed E-state index contributed by atoms with van der Waals surface area (Å²) in [6.45, 7) is 7.39. The van der Waals surface area contributed by atoms with Crippen LogP contribution in [-0.4, -0.2) is 66.7 Å². The fourth-order valence-corrected chi connectivity index (χ4v) is 2.53. The third-order valence-electron chi connectivity index (χ3n) is 4.08. The Bertz CT molecular complexity index is 567. The van der Waals surface area contributed by atoms with Gasteiger partial charge in [0, 0.05) is 26.2 Å². The fourth-order valence-electron chi connectivity index (χ4n) is 2.53. The molecule has 0 aromatic rings. The molecule has 10 nitrogen and oxygen atoms in total. The maximum absolute atomic E-state index is 12.1. The Morgan fingerprint density at radius 3 is 1.87 bits per heavy atom. The van der Waals surface area contributed by atoms with Crippen molar-refractivity contribution in [2.75, 3.05) is 13.2 Å². The standard InChI is InChI=1S/C21H37NO9/c1-6-9-18(25)28-13-16(22-15(5)24)21(31-20(27)11-8-3)30-17(12-23)14(4)29-19(26)10-7-2/h14,16-17,21,23H,6-13H2,1-5H3,(H,22,24)/t14-,16+,17?,21+/m1/s1. The summed E-state index contributed by atoms with van der Waals surface area (Å²) in [4.78, 5) is 47.3. The lowest BCUT2D eigenvalue weighted by Gasteiger charge is -2.32. The molecule has 0 saturated carbocycles. The van der Waals surface area contributed by atoms with E-state index >= 15 is 0 Å². The third-order valence-corrected chi connectivity index (χ3v) is 4.08. The highest BCUT2D eigenvalue weighted by atomic mass is 16.7. The van der Waals surface area contributed by atoms with Crippen molar-refractivity contribution in [3.05, 3.63) is 0 Å². The summed E-state index contributed by atoms with van der Waals surface area (Å²) >= 11 is 0. The number of amides is 1. The van der Waals surface area contributed by atoms with Gasteiger partial charge >= 0.3 is 17.9 Å². The molecule has 1 unspecified atom stereocenters. The van der Waals surface area contributed by atoms with E-state index in [0.717, 1.165) is 0 Å². The summed E-state index contributed by atoms with van der Waals surface area (Å²) in [6, 6.07) is -1.02. The maximum Gasteiger partial charge on any atom is 0.308 e. The van der Waals surface area contributed by atoms with Crippen molar-refractivity contribution in [3.63, 3.8) is 0 Å². The molecule has 0 aromatic heterocycles. The van der Waals surface area contributed by atoms with Gasteiger partial charge in [0.2, 0.25) is 12.2 Å². The number of nitrogens with one attached hydrogen (secondary N) is 1. The molecule has 0 saturated heterocycles. The zero-order chi connectivity index (χ0) is 23.8. The second-order valence-corrected chi connectivity index (χ2v) is 7.15. The van der Waals surface area contributed by atoms with Crippen molar-refractivity contribution in [1.29, 1.82) is 0 Å². The Hall–Kier alpha value is -2.20. The number of aliphatic hydroxyl groups is 1. The van der Waals surface area contributed by atoms with Crippen LogP contribution in [-0.2, 0) is 38.1 Å². The molecule has 0 aliphatic carbocycles. The number of aliphatic hydroxyl groups excluding tert-OH is 1. The van der Waals surface area contributed by atoms with E-state index in [4.69, 9.17) is 18.9 Å². The molecule has 31 heavy (non-hydrogen) atoms. The zero-order valence-corrected chi connectivity index (χ0v) is 19.2. The number of hydrogen-bond donors (Lipinski definition) is 2. The van der Waals surface area contributed by atoms with Crippen LogP contribution < -0.4 is 5.32 Å². The molecule has 2 N–H and O–H groups in total. The molecule has 0 aromatic carbocycles. The van der Waals surface area contributed by atoms with Crippen LogP contribution in [0.3, 0.4) is 0 Å². The van der Waals surface area contributed by atoms with Crippen molar-refractivity contribution in [1.82, 2.24) is 5.32 Å². The summed E-state index contributed by atoms with van der Waals surface area (Å²) in [5, 5.41) is 12.3. The minimum atomic E-state index is -1.37. The Morgan fingerprint density at radius 2 is 1.39 bits per heavy atom. The topological polar surface area (TPSA) is 137 Å². The molecular formula is C21H37NO9. The van der Waals surface area contributed by atoms with Gasteiger partial charge in [0.25, 0.3) is 0 Å². The maximum atomic E-state index is 12.1. The Labute approximate surface area is 183 Å². The smallest absolute Gasteiger partial charge is 0.308 e. The second-order valence-electron chi connectivity index (χ2n) is 7.15. The minimum Gasteiger partial charge on any atom is -0.463 e. The average molecular weight is 448 g/mol. The highest BCUT2D eigenvalue weighted by Crippen LogP contribution is 2.14. The summed E-state index contributed by atoms with van der Waals surface area (Å²) in [5.74, 6) is -1.98. The molecule has 0 radical (unpaired) electrons. The lowest BCUT2D eigenvalue weighted by molar-refractivity contribution is -0.221. The van der Waals surface area contributed by atoms with Crippen LogP contribution in [0.25, 0.3) is 0 Å². The number of hydrogen-bond acceptors (Lipinski definition) is 9. The van der Waals surface area contributed by atoms with Gasteiger partial charge in [-0.3, -0.25) is 19.2 Å². The van der Waals surface area contributed by atoms with E-state index in [9.17, 15) is 24.3 Å². The van der Waals surface area contributed by atoms with Crippen LogP contribution in [0, 0.1) is 0 Å². The van der Waals surface area contributed by atoms with E-state index in [0.29, 0.717) is 19.3 Å². The van der Waals surface area contributed by atoms with E-state index in [1.165, 1.54) is 13.8 Å². The van der Waals surface area contributed by atoms with Crippen LogP contribution in [0.15, 0.2) is 0 Å². The first-order valence-corrected chi connectivity index (χ1v) is 10.8. The van der Waals surface area contributed by atoms with Gasteiger partial charge in [-0.1, -0.05) is 20.8 Å². The lowest BCUT2D eigenvalue weighted by Crippen LogP contribution is -2.52. The van der Waals surface area contributed by atoms with Crippen molar-refractivity contribution < 1.29 is 43.2 Å². The average Bonchev–Trinajstić information content (AvgIpc) is 2.68. The molecule has 180 valence electrons. The van der Waals surface area contributed by atoms with Crippen LogP contribution >= 0.6 is 0 Å². The van der Waals surface area contributed by atoms with Gasteiger partial charge in [0.1, 0.15) is 24.9 Å². The molecule has 4 atom stereocenters. The fraction of sp³-hybridized carbons (Fsp3) is 0.810. The van der Waals surface area contributed by atoms with Gasteiger partial charge in [-0.25, -0.2) is 0 Å². The lowest BCUT2D eigenvalue weighted by atomic mass is 10.2. The van der Waals surface area contributed by atoms with Crippen LogP contribution in [0.2, 0.25) is 0 Å². The first-order valence-electron chi connectivity index (χ1n) is 10.8. The molecular weight excluding hydrogens is 410 g/mol. The molecule has 0 aliphatic rings. The Balaban J connectivity index is 5.50. The predicted octanol–water partition coefficient (Wildman–Crippen LogP) is 1.61. The molecule has 0 bridgehead atoms. The molecule has 10 heteroatoms. The molecule has 0 spiro atoms. The summed E-state index contributed by atoms with van der Waals surface area (Å²) in [6.07, 6.45) is -1.05. The van der Waals surface area contributed by atoms with Gasteiger partial charge < -0.3 is 29.4 Å². The van der Waals surface area contributed by atoms with E-state index < -0.39 is 55.0 Å². The van der Waals surface area contributed by atoms with Gasteiger partial charge in [-0.15, -0.1) is 0 Å². The van der Waals surface area contributed by atoms with E-state index in [-0.39, 0.29) is 25.9 Å². The Morgan fingerprint density at radius 1 is 0.871 bits per heavy atom. The zero-order valence-electron chi connectivity index (χ0n) is 19.2. The van der Waals surface area contributed by atoms with Gasteiger partial charge in [-0.05, 0) is 26.2 Å². The first kappa shape index (κ1) is 28.8. The van der Waals surface area contributed by atoms with Crippen LogP contribution in [0.4, 0.5) is 0 Å². The molecule has 0 fully saturated rings. The number of carbonyl (C=O) groups excluding carboxylic acids is 4. The first-order chi connectivity index (χ1) is 14.7. The van der Waals surface area contributed by atoms with Crippen molar-refractivity contribution in [2.24, 2.45) is 0 Å². The number of rotatable bonds is 16. The molecule has 0 aliphatic heterocycles. The normalized spacial score (nSPS) is 14.6. The second kappa shape index (κ2) is 16.5. The highest BCUT2D eigenvalue weighted by Gasteiger charge is 2.33. The quantitative estimate of drug-likeness (QED) is 0.205. The van der Waals surface area contributed by atoms with E-state index in [1.807, 2.05) is 13.8 Å². The monoisotopic (exact) mass is 447 g/mol. The van der Waals surface area contributed by atoms with Crippen molar-refractivity contribution in [3.8, 4) is 0 Å². The minimum absolute atomic E-state index is 0.104. The summed E-state index contributed by atoms with van der Waals surface area (Å²) in [7, 11) is 0. The van der Waals surface area contributed by atoms with Crippen molar-refractivity contribution in [2.45, 2.75) is 97.7 Å². The summed E-state index contributed by atoms with van der Waals surface area (Å²) < 4.78 is 21.5. The van der Waals surface area contributed by atoms with E-state index in [1.54, 1.807) is 6.92 Å². The highest BCUT2D eigenvalue weighted by molar-refractivity contribution is 5.74. The number of carbonyl (C=O) groups is 4.